The molecule has 1 aromatic carbocycles. The van der Waals surface area contributed by atoms with E-state index < -0.39 is 0 Å². The van der Waals surface area contributed by atoms with E-state index in [4.69, 9.17) is 5.73 Å². The summed E-state index contributed by atoms with van der Waals surface area (Å²) in [7, 11) is 1.80. The molecule has 0 aliphatic carbocycles. The van der Waals surface area contributed by atoms with Gasteiger partial charge in [-0.1, -0.05) is 23.8 Å². The quantitative estimate of drug-likeness (QED) is 0.754. The van der Waals surface area contributed by atoms with E-state index in [0.29, 0.717) is 11.5 Å². The van der Waals surface area contributed by atoms with E-state index in [1.54, 1.807) is 7.05 Å². The highest BCUT2D eigenvalue weighted by atomic mass is 15.1. The fraction of sp³-hybridized carbons (Fsp3) is 0.188. The van der Waals surface area contributed by atoms with Gasteiger partial charge in [-0.2, -0.15) is 9.97 Å². The molecule has 0 atom stereocenters. The van der Waals surface area contributed by atoms with Gasteiger partial charge in [0.05, 0.1) is 11.1 Å². The number of nitrogen functional groups attached to an aromatic ring is 1. The molecule has 0 fully saturated rings. The van der Waals surface area contributed by atoms with E-state index in [1.807, 2.05) is 12.1 Å². The molecule has 2 heterocycles. The summed E-state index contributed by atoms with van der Waals surface area (Å²) in [5, 5.41) is 3.88. The Labute approximate surface area is 123 Å². The Morgan fingerprint density at radius 2 is 1.81 bits per heavy atom. The van der Waals surface area contributed by atoms with Gasteiger partial charge in [0.1, 0.15) is 5.82 Å². The van der Waals surface area contributed by atoms with Crippen molar-refractivity contribution in [2.45, 2.75) is 13.8 Å². The number of nitrogens with zero attached hydrogens (tertiary/aromatic N) is 3. The lowest BCUT2D eigenvalue weighted by Crippen LogP contribution is -2.02. The van der Waals surface area contributed by atoms with Gasteiger partial charge >= 0.3 is 0 Å². The molecule has 0 unspecified atom stereocenters. The van der Waals surface area contributed by atoms with Crippen molar-refractivity contribution >= 4 is 22.8 Å². The first-order chi connectivity index (χ1) is 10.1. The molecular weight excluding hydrogens is 262 g/mol. The molecule has 2 aromatic heterocycles. The molecule has 106 valence electrons. The minimum Gasteiger partial charge on any atom is -0.372 e. The Balaban J connectivity index is 2.21. The molecule has 3 N–H and O–H groups in total. The monoisotopic (exact) mass is 279 g/mol. The van der Waals surface area contributed by atoms with Crippen molar-refractivity contribution in [1.29, 1.82) is 0 Å². The predicted octanol–water partition coefficient (Wildman–Crippen LogP) is 2.93. The van der Waals surface area contributed by atoms with Crippen LogP contribution in [0.1, 0.15) is 11.1 Å². The second-order valence-electron chi connectivity index (χ2n) is 5.07. The number of aromatic nitrogens is 3. The highest BCUT2D eigenvalue weighted by Crippen LogP contribution is 2.26. The average Bonchev–Trinajstić information content (AvgIpc) is 2.45. The van der Waals surface area contributed by atoms with Crippen LogP contribution in [0.3, 0.4) is 0 Å². The van der Waals surface area contributed by atoms with Gasteiger partial charge in [-0.3, -0.25) is 0 Å². The van der Waals surface area contributed by atoms with Crippen LogP contribution in [0.25, 0.3) is 22.3 Å². The van der Waals surface area contributed by atoms with Gasteiger partial charge in [-0.05, 0) is 31.5 Å². The van der Waals surface area contributed by atoms with Gasteiger partial charge in [0, 0.05) is 12.6 Å². The first kappa shape index (κ1) is 13.3. The van der Waals surface area contributed by atoms with Gasteiger partial charge in [0.15, 0.2) is 5.65 Å². The maximum Gasteiger partial charge on any atom is 0.224 e. The number of hydrogen-bond donors (Lipinski definition) is 2. The van der Waals surface area contributed by atoms with Crippen molar-refractivity contribution in [1.82, 2.24) is 15.0 Å². The summed E-state index contributed by atoms with van der Waals surface area (Å²) in [5.41, 5.74) is 10.8. The number of benzene rings is 1. The molecule has 0 amide bonds. The molecule has 21 heavy (non-hydrogen) atoms. The number of rotatable bonds is 2. The number of nitrogens with one attached hydrogen (secondary N) is 1. The molecule has 0 saturated carbocycles. The molecule has 3 aromatic rings. The highest BCUT2D eigenvalue weighted by molar-refractivity contribution is 5.89. The molecule has 0 radical (unpaired) electrons. The van der Waals surface area contributed by atoms with Crippen LogP contribution < -0.4 is 11.1 Å². The van der Waals surface area contributed by atoms with Gasteiger partial charge < -0.3 is 11.1 Å². The van der Waals surface area contributed by atoms with Gasteiger partial charge in [0.2, 0.25) is 5.95 Å². The normalized spacial score (nSPS) is 10.8. The van der Waals surface area contributed by atoms with E-state index in [2.05, 4.69) is 52.3 Å². The summed E-state index contributed by atoms with van der Waals surface area (Å²) >= 11 is 0. The zero-order valence-corrected chi connectivity index (χ0v) is 12.3. The summed E-state index contributed by atoms with van der Waals surface area (Å²) in [6.07, 6.45) is 0. The number of anilines is 2. The Hall–Kier alpha value is -2.69. The van der Waals surface area contributed by atoms with E-state index in [-0.39, 0.29) is 5.95 Å². The number of nitrogens with two attached hydrogens (primary N) is 1. The van der Waals surface area contributed by atoms with Crippen LogP contribution in [0.2, 0.25) is 0 Å². The average molecular weight is 279 g/mol. The first-order valence-corrected chi connectivity index (χ1v) is 6.78. The van der Waals surface area contributed by atoms with Crippen LogP contribution in [0, 0.1) is 13.8 Å². The largest absolute Gasteiger partial charge is 0.372 e. The molecule has 0 aliphatic rings. The molecule has 0 bridgehead atoms. The van der Waals surface area contributed by atoms with Crippen LogP contribution in [0.4, 0.5) is 11.8 Å². The lowest BCUT2D eigenvalue weighted by Gasteiger charge is -2.09. The Morgan fingerprint density at radius 1 is 1.00 bits per heavy atom. The number of aryl methyl sites for hydroxylation is 2. The molecular formula is C16H17N5. The van der Waals surface area contributed by atoms with Crippen molar-refractivity contribution in [3.63, 3.8) is 0 Å². The van der Waals surface area contributed by atoms with Crippen molar-refractivity contribution < 1.29 is 0 Å². The summed E-state index contributed by atoms with van der Waals surface area (Å²) < 4.78 is 0. The van der Waals surface area contributed by atoms with Crippen molar-refractivity contribution in [3.8, 4) is 11.3 Å². The van der Waals surface area contributed by atoms with Gasteiger partial charge in [-0.15, -0.1) is 0 Å². The minimum absolute atomic E-state index is 0.220. The second kappa shape index (κ2) is 5.01. The maximum absolute atomic E-state index is 5.74. The van der Waals surface area contributed by atoms with Crippen molar-refractivity contribution in [2.75, 3.05) is 18.1 Å². The zero-order valence-electron chi connectivity index (χ0n) is 12.3. The third-order valence-electron chi connectivity index (χ3n) is 3.47. The van der Waals surface area contributed by atoms with Crippen molar-refractivity contribution in [3.05, 3.63) is 41.5 Å². The van der Waals surface area contributed by atoms with Crippen LogP contribution in [0.5, 0.6) is 0 Å². The number of pyridine rings is 1. The van der Waals surface area contributed by atoms with E-state index in [1.165, 1.54) is 11.1 Å². The number of hydrogen-bond acceptors (Lipinski definition) is 5. The van der Waals surface area contributed by atoms with Crippen molar-refractivity contribution in [2.24, 2.45) is 0 Å². The fourth-order valence-corrected chi connectivity index (χ4v) is 2.47. The molecule has 3 rings (SSSR count). The second-order valence-corrected chi connectivity index (χ2v) is 5.07. The molecule has 0 saturated heterocycles. The topological polar surface area (TPSA) is 76.7 Å². The summed E-state index contributed by atoms with van der Waals surface area (Å²) in [5.74, 6) is 0.911. The third-order valence-corrected chi connectivity index (χ3v) is 3.47. The molecule has 0 spiro atoms. The Morgan fingerprint density at radius 3 is 2.52 bits per heavy atom. The standard InChI is InChI=1S/C16H17N5/c1-9-4-5-11(10(2)8-9)13-7-6-12-14(18-3)20-16(17)21-15(12)19-13/h4-8H,1-3H3,(H3,17,18,19,20,21). The smallest absolute Gasteiger partial charge is 0.224 e. The molecule has 0 aliphatic heterocycles. The zero-order chi connectivity index (χ0) is 15.0. The molecule has 5 heteroatoms. The van der Waals surface area contributed by atoms with Crippen LogP contribution in [-0.4, -0.2) is 22.0 Å². The third kappa shape index (κ3) is 2.38. The molecule has 5 nitrogen and oxygen atoms in total. The fourth-order valence-electron chi connectivity index (χ4n) is 2.47. The maximum atomic E-state index is 5.74. The predicted molar refractivity (Wildman–Crippen MR) is 86.2 cm³/mol. The Bertz CT molecular complexity index is 826. The first-order valence-electron chi connectivity index (χ1n) is 6.78. The summed E-state index contributed by atoms with van der Waals surface area (Å²) in [6.45, 7) is 4.17. The van der Waals surface area contributed by atoms with Crippen LogP contribution in [-0.2, 0) is 0 Å². The van der Waals surface area contributed by atoms with Gasteiger partial charge in [-0.25, -0.2) is 4.98 Å². The van der Waals surface area contributed by atoms with E-state index in [0.717, 1.165) is 16.6 Å². The van der Waals surface area contributed by atoms with E-state index in [9.17, 15) is 0 Å². The highest BCUT2D eigenvalue weighted by Gasteiger charge is 2.09. The summed E-state index contributed by atoms with van der Waals surface area (Å²) in [6, 6.07) is 10.3. The SMILES string of the molecule is CNc1nc(N)nc2nc(-c3ccc(C)cc3C)ccc12. The summed E-state index contributed by atoms with van der Waals surface area (Å²) in [4.78, 5) is 13.0. The number of fused-ring (bicyclic) bond motifs is 1. The minimum atomic E-state index is 0.220. The van der Waals surface area contributed by atoms with Gasteiger partial charge in [0.25, 0.3) is 0 Å². The lowest BCUT2D eigenvalue weighted by molar-refractivity contribution is 1.19. The van der Waals surface area contributed by atoms with E-state index >= 15 is 0 Å². The Kier molecular flexibility index (Phi) is 3.17. The lowest BCUT2D eigenvalue weighted by atomic mass is 10.0. The van der Waals surface area contributed by atoms with Crippen LogP contribution in [0.15, 0.2) is 30.3 Å². The van der Waals surface area contributed by atoms with Crippen LogP contribution >= 0.6 is 0 Å².